The monoisotopic (exact) mass is 228 g/mol. The maximum Gasteiger partial charge on any atom is 0.409 e. The summed E-state index contributed by atoms with van der Waals surface area (Å²) in [6, 6.07) is 0.0581. The van der Waals surface area contributed by atoms with Crippen molar-refractivity contribution in [1.29, 1.82) is 0 Å². The Morgan fingerprint density at radius 3 is 2.69 bits per heavy atom. The third kappa shape index (κ3) is 3.40. The van der Waals surface area contributed by atoms with Crippen LogP contribution in [0.25, 0.3) is 0 Å². The molecule has 0 spiro atoms. The molecule has 92 valence electrons. The zero-order valence-electron chi connectivity index (χ0n) is 10.2. The van der Waals surface area contributed by atoms with Crippen molar-refractivity contribution in [2.45, 2.75) is 32.7 Å². The number of carbonyl (C=O) groups is 2. The van der Waals surface area contributed by atoms with Gasteiger partial charge in [0.05, 0.1) is 7.11 Å². The molecule has 1 fully saturated rings. The molecular weight excluding hydrogens is 208 g/mol. The van der Waals surface area contributed by atoms with Crippen LogP contribution >= 0.6 is 0 Å². The Bertz CT molecular complexity index is 266. The summed E-state index contributed by atoms with van der Waals surface area (Å²) in [7, 11) is 1.37. The highest BCUT2D eigenvalue weighted by Gasteiger charge is 2.25. The number of piperidine rings is 1. The van der Waals surface area contributed by atoms with Gasteiger partial charge in [0.25, 0.3) is 0 Å². The van der Waals surface area contributed by atoms with Gasteiger partial charge < -0.3 is 15.0 Å². The van der Waals surface area contributed by atoms with Crippen LogP contribution in [0.1, 0.15) is 26.7 Å². The van der Waals surface area contributed by atoms with Gasteiger partial charge in [0.2, 0.25) is 5.91 Å². The SMILES string of the molecule is COC(=O)N1CCCC(NC(=O)C(C)C)C1. The molecule has 0 bridgehead atoms. The number of nitrogens with zero attached hydrogens (tertiary/aromatic N) is 1. The molecule has 1 aliphatic heterocycles. The van der Waals surface area contributed by atoms with Crippen LogP contribution in [0.2, 0.25) is 0 Å². The lowest BCUT2D eigenvalue weighted by molar-refractivity contribution is -0.125. The highest BCUT2D eigenvalue weighted by molar-refractivity contribution is 5.78. The summed E-state index contributed by atoms with van der Waals surface area (Å²) in [6.45, 7) is 4.97. The Hall–Kier alpha value is -1.26. The number of amides is 2. The Morgan fingerprint density at radius 1 is 1.44 bits per heavy atom. The topological polar surface area (TPSA) is 58.6 Å². The van der Waals surface area contributed by atoms with Gasteiger partial charge in [0.1, 0.15) is 0 Å². The summed E-state index contributed by atoms with van der Waals surface area (Å²) in [5.41, 5.74) is 0. The van der Waals surface area contributed by atoms with E-state index in [1.165, 1.54) is 7.11 Å². The first-order chi connectivity index (χ1) is 7.54. The summed E-state index contributed by atoms with van der Waals surface area (Å²) in [5, 5.41) is 2.94. The Balaban J connectivity index is 2.44. The minimum Gasteiger partial charge on any atom is -0.453 e. The fraction of sp³-hybridized carbons (Fsp3) is 0.818. The smallest absolute Gasteiger partial charge is 0.409 e. The van der Waals surface area contributed by atoms with E-state index in [9.17, 15) is 9.59 Å². The van der Waals surface area contributed by atoms with Gasteiger partial charge in [0, 0.05) is 25.0 Å². The van der Waals surface area contributed by atoms with Gasteiger partial charge in [-0.25, -0.2) is 4.79 Å². The minimum absolute atomic E-state index is 0.0199. The van der Waals surface area contributed by atoms with Crippen molar-refractivity contribution in [3.05, 3.63) is 0 Å². The number of carbonyl (C=O) groups excluding carboxylic acids is 2. The Labute approximate surface area is 96.1 Å². The van der Waals surface area contributed by atoms with Crippen LogP contribution in [-0.4, -0.2) is 43.1 Å². The van der Waals surface area contributed by atoms with Crippen molar-refractivity contribution in [2.75, 3.05) is 20.2 Å². The molecule has 1 rings (SSSR count). The van der Waals surface area contributed by atoms with E-state index in [-0.39, 0.29) is 24.0 Å². The fourth-order valence-electron chi connectivity index (χ4n) is 1.76. The zero-order valence-corrected chi connectivity index (χ0v) is 10.2. The highest BCUT2D eigenvalue weighted by atomic mass is 16.5. The van der Waals surface area contributed by atoms with Crippen LogP contribution in [-0.2, 0) is 9.53 Å². The summed E-state index contributed by atoms with van der Waals surface area (Å²) in [5.74, 6) is 0.0187. The second-order valence-corrected chi connectivity index (χ2v) is 4.42. The summed E-state index contributed by atoms with van der Waals surface area (Å²) < 4.78 is 4.66. The van der Waals surface area contributed by atoms with E-state index in [1.54, 1.807) is 4.90 Å². The average Bonchev–Trinajstić information content (AvgIpc) is 2.28. The zero-order chi connectivity index (χ0) is 12.1. The van der Waals surface area contributed by atoms with Crippen molar-refractivity contribution in [3.63, 3.8) is 0 Å². The van der Waals surface area contributed by atoms with Crippen LogP contribution < -0.4 is 5.32 Å². The number of nitrogens with one attached hydrogen (secondary N) is 1. The first-order valence-electron chi connectivity index (χ1n) is 5.68. The van der Waals surface area contributed by atoms with Crippen molar-refractivity contribution in [1.82, 2.24) is 10.2 Å². The number of likely N-dealkylation sites (tertiary alicyclic amines) is 1. The highest BCUT2D eigenvalue weighted by Crippen LogP contribution is 2.11. The molecule has 1 atom stereocenters. The molecule has 5 nitrogen and oxygen atoms in total. The molecule has 0 radical (unpaired) electrons. The summed E-state index contributed by atoms with van der Waals surface area (Å²) >= 11 is 0. The lowest BCUT2D eigenvalue weighted by atomic mass is 10.1. The van der Waals surface area contributed by atoms with E-state index in [0.717, 1.165) is 12.8 Å². The van der Waals surface area contributed by atoms with Gasteiger partial charge >= 0.3 is 6.09 Å². The Morgan fingerprint density at radius 2 is 2.12 bits per heavy atom. The molecule has 1 N–H and O–H groups in total. The molecule has 5 heteroatoms. The van der Waals surface area contributed by atoms with Crippen LogP contribution in [0, 0.1) is 5.92 Å². The molecule has 0 aromatic carbocycles. The molecule has 1 aliphatic rings. The molecule has 0 aromatic heterocycles. The predicted octanol–water partition coefficient (Wildman–Crippen LogP) is 0.989. The maximum atomic E-state index is 11.5. The second-order valence-electron chi connectivity index (χ2n) is 4.42. The standard InChI is InChI=1S/C11H20N2O3/c1-8(2)10(14)12-9-5-4-6-13(7-9)11(15)16-3/h8-9H,4-7H2,1-3H3,(H,12,14). The van der Waals surface area contributed by atoms with Gasteiger partial charge in [-0.3, -0.25) is 4.79 Å². The van der Waals surface area contributed by atoms with Crippen molar-refractivity contribution in [2.24, 2.45) is 5.92 Å². The quantitative estimate of drug-likeness (QED) is 0.766. The molecule has 0 saturated carbocycles. The molecule has 1 unspecified atom stereocenters. The fourth-order valence-corrected chi connectivity index (χ4v) is 1.76. The van der Waals surface area contributed by atoms with Crippen LogP contribution in [0.4, 0.5) is 4.79 Å². The second kappa shape index (κ2) is 5.72. The molecular formula is C11H20N2O3. The summed E-state index contributed by atoms with van der Waals surface area (Å²) in [4.78, 5) is 24.5. The van der Waals surface area contributed by atoms with Gasteiger partial charge in [-0.15, -0.1) is 0 Å². The Kier molecular flexibility index (Phi) is 4.58. The van der Waals surface area contributed by atoms with Crippen molar-refractivity contribution >= 4 is 12.0 Å². The first-order valence-corrected chi connectivity index (χ1v) is 5.68. The maximum absolute atomic E-state index is 11.5. The number of rotatable bonds is 2. The molecule has 1 saturated heterocycles. The molecule has 1 heterocycles. The third-order valence-electron chi connectivity index (χ3n) is 2.72. The average molecular weight is 228 g/mol. The van der Waals surface area contributed by atoms with E-state index in [0.29, 0.717) is 13.1 Å². The van der Waals surface area contributed by atoms with Gasteiger partial charge in [0.15, 0.2) is 0 Å². The number of hydrogen-bond donors (Lipinski definition) is 1. The van der Waals surface area contributed by atoms with Crippen LogP contribution in [0.5, 0.6) is 0 Å². The van der Waals surface area contributed by atoms with E-state index < -0.39 is 0 Å². The normalized spacial score (nSPS) is 20.8. The van der Waals surface area contributed by atoms with Crippen molar-refractivity contribution in [3.8, 4) is 0 Å². The number of methoxy groups -OCH3 is 1. The lowest BCUT2D eigenvalue weighted by Gasteiger charge is -2.32. The van der Waals surface area contributed by atoms with Crippen molar-refractivity contribution < 1.29 is 14.3 Å². The van der Waals surface area contributed by atoms with Crippen LogP contribution in [0.15, 0.2) is 0 Å². The summed E-state index contributed by atoms with van der Waals surface area (Å²) in [6.07, 6.45) is 1.51. The van der Waals surface area contributed by atoms with Gasteiger partial charge in [-0.1, -0.05) is 13.8 Å². The largest absolute Gasteiger partial charge is 0.453 e. The van der Waals surface area contributed by atoms with E-state index in [2.05, 4.69) is 10.1 Å². The molecule has 16 heavy (non-hydrogen) atoms. The third-order valence-corrected chi connectivity index (χ3v) is 2.72. The number of ether oxygens (including phenoxy) is 1. The van der Waals surface area contributed by atoms with E-state index in [1.807, 2.05) is 13.8 Å². The van der Waals surface area contributed by atoms with E-state index >= 15 is 0 Å². The first kappa shape index (κ1) is 12.8. The van der Waals surface area contributed by atoms with Gasteiger partial charge in [-0.05, 0) is 12.8 Å². The number of hydrogen-bond acceptors (Lipinski definition) is 3. The van der Waals surface area contributed by atoms with E-state index in [4.69, 9.17) is 0 Å². The molecule has 2 amide bonds. The molecule has 0 aromatic rings. The minimum atomic E-state index is -0.316. The predicted molar refractivity (Wildman–Crippen MR) is 60.0 cm³/mol. The molecule has 0 aliphatic carbocycles. The lowest BCUT2D eigenvalue weighted by Crippen LogP contribution is -2.50. The van der Waals surface area contributed by atoms with Gasteiger partial charge in [-0.2, -0.15) is 0 Å². The van der Waals surface area contributed by atoms with Crippen LogP contribution in [0.3, 0.4) is 0 Å².